The van der Waals surface area contributed by atoms with Gasteiger partial charge in [-0.25, -0.2) is 14.8 Å². The number of carboxylic acid groups (broad SMARTS) is 2. The monoisotopic (exact) mass is 953 g/mol. The average Bonchev–Trinajstić information content (AvgIpc) is 3.29. The molecule has 3 aromatic carbocycles. The number of aliphatic hydroxyl groups is 2. The van der Waals surface area contributed by atoms with Crippen LogP contribution in [0.3, 0.4) is 0 Å². The van der Waals surface area contributed by atoms with Gasteiger partial charge in [-0.15, -0.1) is 0 Å². The van der Waals surface area contributed by atoms with Crippen molar-refractivity contribution in [2.24, 2.45) is 5.73 Å². The number of carbonyl (C=O) groups is 6. The first-order valence-electron chi connectivity index (χ1n) is 21.2. The number of hydrogen-bond donors (Lipinski definition) is 12. The molecule has 0 spiro atoms. The van der Waals surface area contributed by atoms with Gasteiger partial charge in [0.25, 0.3) is 5.91 Å². The summed E-state index contributed by atoms with van der Waals surface area (Å²) < 4.78 is 11.7. The molecule has 5 aromatic rings. The van der Waals surface area contributed by atoms with Crippen LogP contribution in [0.25, 0.3) is 11.2 Å². The molecule has 2 aliphatic carbocycles. The number of amides is 1. The topological polar surface area (TPSA) is 416 Å². The fourth-order valence-electron chi connectivity index (χ4n) is 8.27. The number of aromatic hydroxyl groups is 3. The van der Waals surface area contributed by atoms with Gasteiger partial charge in [0.05, 0.1) is 53.4 Å². The molecule has 7 atom stereocenters. The van der Waals surface area contributed by atoms with Gasteiger partial charge in [0.1, 0.15) is 28.9 Å². The quantitative estimate of drug-likeness (QED) is 0.0760. The predicted molar refractivity (Wildman–Crippen MR) is 239 cm³/mol. The van der Waals surface area contributed by atoms with Crippen molar-refractivity contribution in [2.75, 3.05) is 16.8 Å². The number of nitrogen functional groups attached to an aromatic ring is 2. The summed E-state index contributed by atoms with van der Waals surface area (Å²) >= 11 is 0. The lowest BCUT2D eigenvalue weighted by atomic mass is 9.72. The van der Waals surface area contributed by atoms with Crippen LogP contribution in [0.2, 0.25) is 0 Å². The summed E-state index contributed by atoms with van der Waals surface area (Å²) in [6.07, 6.45) is -3.74. The Balaban J connectivity index is 0.000000206. The van der Waals surface area contributed by atoms with E-state index in [1.807, 2.05) is 0 Å². The fraction of sp³-hybridized carbons (Fsp3) is 0.333. The van der Waals surface area contributed by atoms with E-state index < -0.39 is 112 Å². The van der Waals surface area contributed by atoms with Gasteiger partial charge in [-0.1, -0.05) is 12.1 Å². The van der Waals surface area contributed by atoms with E-state index in [0.29, 0.717) is 23.4 Å². The number of carbonyl (C=O) groups excluding carboxylic acids is 4. The van der Waals surface area contributed by atoms with Crippen LogP contribution in [-0.4, -0.2) is 127 Å². The highest BCUT2D eigenvalue weighted by Crippen LogP contribution is 2.52. The van der Waals surface area contributed by atoms with E-state index in [-0.39, 0.29) is 70.9 Å². The van der Waals surface area contributed by atoms with Gasteiger partial charge in [-0.2, -0.15) is 9.97 Å². The van der Waals surface area contributed by atoms with Gasteiger partial charge in [-0.3, -0.25) is 24.0 Å². The van der Waals surface area contributed by atoms with Crippen LogP contribution in [0, 0.1) is 0 Å². The lowest BCUT2D eigenvalue weighted by Gasteiger charge is -2.42. The largest absolute Gasteiger partial charge is 0.507 e. The summed E-state index contributed by atoms with van der Waals surface area (Å²) in [6.45, 7) is 3.06. The Morgan fingerprint density at radius 2 is 1.65 bits per heavy atom. The second kappa shape index (κ2) is 19.4. The number of aliphatic hydroxyl groups excluding tert-OH is 1. The van der Waals surface area contributed by atoms with Crippen LogP contribution >= 0.6 is 0 Å². The molecule has 0 saturated carbocycles. The Bertz CT molecular complexity index is 2910. The molecule has 1 fully saturated rings. The minimum atomic E-state index is -2.02. The number of phenolic OH excluding ortho intramolecular Hbond substituents is 3. The first-order chi connectivity index (χ1) is 32.6. The molecule has 3 aliphatic rings. The maximum absolute atomic E-state index is 13.4. The molecule has 1 aliphatic heterocycles. The average molecular weight is 954 g/mol. The van der Waals surface area contributed by atoms with Crippen LogP contribution in [0.4, 0.5) is 17.5 Å². The Labute approximate surface area is 390 Å². The fourth-order valence-corrected chi connectivity index (χ4v) is 8.27. The number of carboxylic acids is 2. The van der Waals surface area contributed by atoms with Crippen molar-refractivity contribution in [3.8, 4) is 17.2 Å². The summed E-state index contributed by atoms with van der Waals surface area (Å²) in [6, 6.07) is 8.19. The summed E-state index contributed by atoms with van der Waals surface area (Å²) in [5.74, 6) is -7.06. The van der Waals surface area contributed by atoms with Crippen molar-refractivity contribution in [3.63, 3.8) is 0 Å². The molecule has 8 rings (SSSR count). The first-order valence-corrected chi connectivity index (χ1v) is 21.2. The molecule has 1 saturated heterocycles. The molecule has 1 amide bonds. The van der Waals surface area contributed by atoms with E-state index in [0.717, 1.165) is 6.92 Å². The van der Waals surface area contributed by atoms with Crippen LogP contribution in [0.1, 0.15) is 105 Å². The zero-order valence-electron chi connectivity index (χ0n) is 36.7. The van der Waals surface area contributed by atoms with E-state index >= 15 is 0 Å². The number of fused-ring (bicyclic) bond motifs is 4. The number of benzene rings is 3. The SMILES string of the molecule is CC(=O)[C@]1(O)Cc2c(O)c3c(c(O)c2[C@@H](O[C@H]2C[C@H](N)[C@H](O)[C@H](C)O2)C1)C(=O)c1c(O)cccc1C3=O.Nc1nc(N)c2nc(CNc3ccc(C(=O)NC(CCC(=O)O)C(=O)O)cc3)cnc2n1. The van der Waals surface area contributed by atoms with Gasteiger partial charge in [0.2, 0.25) is 11.7 Å². The Kier molecular flexibility index (Phi) is 13.8. The molecule has 69 heavy (non-hydrogen) atoms. The van der Waals surface area contributed by atoms with Gasteiger partial charge < -0.3 is 73.1 Å². The number of aliphatic carboxylic acids is 2. The Morgan fingerprint density at radius 1 is 0.957 bits per heavy atom. The third kappa shape index (κ3) is 9.91. The second-order valence-corrected chi connectivity index (χ2v) is 16.7. The summed E-state index contributed by atoms with van der Waals surface area (Å²) in [7, 11) is 0. The zero-order chi connectivity index (χ0) is 50.2. The lowest BCUT2D eigenvalue weighted by Crippen LogP contribution is -2.52. The maximum atomic E-state index is 13.4. The molecule has 1 unspecified atom stereocenters. The normalized spacial score (nSPS) is 22.0. The van der Waals surface area contributed by atoms with Crippen molar-refractivity contribution in [3.05, 3.63) is 93.3 Å². The molecular weight excluding hydrogens is 907 g/mol. The number of nitrogens with one attached hydrogen (secondary N) is 2. The first kappa shape index (κ1) is 49.0. The molecule has 0 radical (unpaired) electrons. The van der Waals surface area contributed by atoms with Crippen molar-refractivity contribution in [1.29, 1.82) is 0 Å². The summed E-state index contributed by atoms with van der Waals surface area (Å²) in [5, 5.41) is 77.4. The highest BCUT2D eigenvalue weighted by molar-refractivity contribution is 6.31. The second-order valence-electron chi connectivity index (χ2n) is 16.7. The summed E-state index contributed by atoms with van der Waals surface area (Å²) in [4.78, 5) is 89.6. The minimum Gasteiger partial charge on any atom is -0.507 e. The van der Waals surface area contributed by atoms with E-state index in [4.69, 9.17) is 36.9 Å². The van der Waals surface area contributed by atoms with Gasteiger partial charge in [0.15, 0.2) is 34.8 Å². The van der Waals surface area contributed by atoms with E-state index in [9.17, 15) is 54.3 Å². The molecule has 24 nitrogen and oxygen atoms in total. The van der Waals surface area contributed by atoms with Crippen molar-refractivity contribution >= 4 is 63.8 Å². The number of Topliss-reactive ketones (excluding diaryl/α,β-unsaturated/α-hetero) is 1. The van der Waals surface area contributed by atoms with Crippen LogP contribution < -0.4 is 27.8 Å². The Hall–Kier alpha value is -7.90. The van der Waals surface area contributed by atoms with Crippen molar-refractivity contribution in [1.82, 2.24) is 25.3 Å². The Morgan fingerprint density at radius 3 is 2.30 bits per heavy atom. The maximum Gasteiger partial charge on any atom is 0.326 e. The zero-order valence-corrected chi connectivity index (χ0v) is 36.7. The standard InChI is InChI=1S/C26H27NO10.C19H20N8O5/c1-9-21(30)13(27)6-16(36-9)37-15-8-26(35,10(2)28)7-12-18(15)25(34)20-19(23(12)32)22(31)11-4-3-5-14(29)17(11)24(20)33;20-15-14-16(27-19(21)26-15)23-8-11(24-14)7-22-10-3-1-9(2-4-10)17(30)25-12(18(31)32)5-6-13(28)29/h3-5,9,13,15-16,21,29-30,32,34-35H,6-8,27H2,1-2H3;1-4,8,12,22H,5-7H2,(H,25,30)(H,28,29)(H,31,32)(H4,20,21,23,26,27)/t9-,13-,15-,16-,21+,26-;/m0./s1. The lowest BCUT2D eigenvalue weighted by molar-refractivity contribution is -0.247. The van der Waals surface area contributed by atoms with Crippen LogP contribution in [0.15, 0.2) is 48.7 Å². The summed E-state index contributed by atoms with van der Waals surface area (Å²) in [5.41, 5.74) is 15.7. The van der Waals surface area contributed by atoms with Crippen molar-refractivity contribution < 1.29 is 74.0 Å². The van der Waals surface area contributed by atoms with Gasteiger partial charge in [0, 0.05) is 59.7 Å². The highest BCUT2D eigenvalue weighted by Gasteiger charge is 2.49. The molecule has 2 aromatic heterocycles. The van der Waals surface area contributed by atoms with Gasteiger partial charge >= 0.3 is 11.9 Å². The van der Waals surface area contributed by atoms with E-state index in [2.05, 4.69) is 30.6 Å². The third-order valence-electron chi connectivity index (χ3n) is 12.0. The number of hydrogen-bond acceptors (Lipinski definition) is 21. The minimum absolute atomic E-state index is 0.0101. The number of aromatic nitrogens is 4. The number of anilines is 3. The molecular formula is C45H47N9O15. The van der Waals surface area contributed by atoms with Crippen LogP contribution in [0.5, 0.6) is 17.2 Å². The van der Waals surface area contributed by atoms with Gasteiger partial charge in [-0.05, 0) is 50.6 Å². The molecule has 0 bridgehead atoms. The number of ketones is 3. The van der Waals surface area contributed by atoms with Crippen LogP contribution in [-0.2, 0) is 36.8 Å². The molecule has 24 heteroatoms. The molecule has 15 N–H and O–H groups in total. The smallest absolute Gasteiger partial charge is 0.326 e. The third-order valence-corrected chi connectivity index (χ3v) is 12.0. The number of ether oxygens (including phenoxy) is 2. The molecule has 3 heterocycles. The highest BCUT2D eigenvalue weighted by atomic mass is 16.7. The number of nitrogens with two attached hydrogens (primary N) is 3. The number of rotatable bonds is 12. The number of phenols is 3. The number of nitrogens with zero attached hydrogens (tertiary/aromatic N) is 4. The van der Waals surface area contributed by atoms with Crippen molar-refractivity contribution in [2.45, 2.75) is 94.8 Å². The predicted octanol–water partition coefficient (Wildman–Crippen LogP) is 0.970. The van der Waals surface area contributed by atoms with E-state index in [1.54, 1.807) is 19.1 Å². The van der Waals surface area contributed by atoms with E-state index in [1.165, 1.54) is 36.5 Å². The molecule has 362 valence electrons.